The van der Waals surface area contributed by atoms with Gasteiger partial charge < -0.3 is 10.3 Å². The third-order valence-electron chi connectivity index (χ3n) is 2.15. The second-order valence-electron chi connectivity index (χ2n) is 3.82. The van der Waals surface area contributed by atoms with Crippen molar-refractivity contribution in [2.45, 2.75) is 32.7 Å². The fourth-order valence-electron chi connectivity index (χ4n) is 1.65. The van der Waals surface area contributed by atoms with E-state index in [-0.39, 0.29) is 5.54 Å². The van der Waals surface area contributed by atoms with Gasteiger partial charge in [-0.05, 0) is 13.8 Å². The summed E-state index contributed by atoms with van der Waals surface area (Å²) in [6.45, 7) is 7.03. The Bertz CT molecular complexity index is 111. The number of hydroxylamine groups is 2. The summed E-state index contributed by atoms with van der Waals surface area (Å²) in [5, 5.41) is 11.5. The molecule has 0 amide bonds. The van der Waals surface area contributed by atoms with Crippen LogP contribution in [0.25, 0.3) is 0 Å². The quantitative estimate of drug-likeness (QED) is 0.464. The zero-order valence-electron chi connectivity index (χ0n) is 6.40. The summed E-state index contributed by atoms with van der Waals surface area (Å²) in [7, 11) is 0. The summed E-state index contributed by atoms with van der Waals surface area (Å²) in [5.74, 6) is 0.618. The third kappa shape index (κ3) is 1.25. The molecule has 54 valence electrons. The molecule has 1 rings (SSSR count). The fraction of sp³-hybridized carbons (Fsp3) is 1.00. The highest BCUT2D eigenvalue weighted by atomic mass is 16.5. The van der Waals surface area contributed by atoms with E-state index in [0.29, 0.717) is 11.0 Å². The second-order valence-corrected chi connectivity index (χ2v) is 3.82. The minimum Gasteiger partial charge on any atom is -0.634 e. The van der Waals surface area contributed by atoms with Gasteiger partial charge in [0.25, 0.3) is 0 Å². The fourth-order valence-corrected chi connectivity index (χ4v) is 1.65. The van der Waals surface area contributed by atoms with E-state index in [4.69, 9.17) is 0 Å². The average molecular weight is 129 g/mol. The first-order valence-electron chi connectivity index (χ1n) is 3.56. The van der Waals surface area contributed by atoms with Crippen LogP contribution in [-0.4, -0.2) is 12.1 Å². The highest BCUT2D eigenvalue weighted by Crippen LogP contribution is 2.17. The van der Waals surface area contributed by atoms with Crippen molar-refractivity contribution >= 4 is 0 Å². The van der Waals surface area contributed by atoms with Crippen molar-refractivity contribution in [3.8, 4) is 0 Å². The Kier molecular flexibility index (Phi) is 1.53. The van der Waals surface area contributed by atoms with Gasteiger partial charge in [-0.3, -0.25) is 0 Å². The Morgan fingerprint density at radius 2 is 2.11 bits per heavy atom. The summed E-state index contributed by atoms with van der Waals surface area (Å²) >= 11 is 0. The number of nitrogens with one attached hydrogen (secondary N) is 1. The Morgan fingerprint density at radius 3 is 2.22 bits per heavy atom. The predicted octanol–water partition coefficient (Wildman–Crippen LogP) is 0.188. The number of quaternary nitrogens is 1. The highest BCUT2D eigenvalue weighted by Gasteiger charge is 2.35. The highest BCUT2D eigenvalue weighted by molar-refractivity contribution is 4.76. The first-order valence-corrected chi connectivity index (χ1v) is 3.56. The van der Waals surface area contributed by atoms with Crippen LogP contribution in [0.4, 0.5) is 0 Å². The first kappa shape index (κ1) is 7.03. The van der Waals surface area contributed by atoms with Crippen LogP contribution in [0.15, 0.2) is 0 Å². The van der Waals surface area contributed by atoms with Gasteiger partial charge in [0.1, 0.15) is 0 Å². The molecule has 0 bridgehead atoms. The van der Waals surface area contributed by atoms with E-state index in [9.17, 15) is 5.21 Å². The minimum atomic E-state index is -0.0145. The topological polar surface area (TPSA) is 27.5 Å². The zero-order chi connectivity index (χ0) is 7.07. The Labute approximate surface area is 56.4 Å². The van der Waals surface area contributed by atoms with Gasteiger partial charge >= 0.3 is 0 Å². The van der Waals surface area contributed by atoms with E-state index < -0.39 is 0 Å². The van der Waals surface area contributed by atoms with E-state index in [2.05, 4.69) is 6.92 Å². The normalized spacial score (nSPS) is 41.3. The van der Waals surface area contributed by atoms with Gasteiger partial charge in [0.15, 0.2) is 0 Å². The van der Waals surface area contributed by atoms with E-state index in [0.717, 1.165) is 13.0 Å². The van der Waals surface area contributed by atoms with Gasteiger partial charge in [-0.25, -0.2) is 0 Å². The van der Waals surface area contributed by atoms with Crippen molar-refractivity contribution < 1.29 is 5.06 Å². The number of hydrogen-bond acceptors (Lipinski definition) is 1. The maximum absolute atomic E-state index is 11.1. The second kappa shape index (κ2) is 1.96. The van der Waals surface area contributed by atoms with Crippen LogP contribution in [0.5, 0.6) is 0 Å². The molecule has 2 unspecified atom stereocenters. The summed E-state index contributed by atoms with van der Waals surface area (Å²) in [6.07, 6.45) is 1.08. The Morgan fingerprint density at radius 1 is 1.56 bits per heavy atom. The van der Waals surface area contributed by atoms with Gasteiger partial charge in [-0.15, -0.1) is 0 Å². The lowest BCUT2D eigenvalue weighted by Gasteiger charge is -2.30. The molecule has 0 spiro atoms. The molecule has 1 saturated heterocycles. The molecular weight excluding hydrogens is 114 g/mol. The molecule has 0 aromatic heterocycles. The molecule has 2 nitrogen and oxygen atoms in total. The lowest BCUT2D eigenvalue weighted by molar-refractivity contribution is -0.886. The molecule has 2 heteroatoms. The Balaban J connectivity index is 2.58. The van der Waals surface area contributed by atoms with Crippen LogP contribution < -0.4 is 5.06 Å². The largest absolute Gasteiger partial charge is 0.634 e. The van der Waals surface area contributed by atoms with Gasteiger partial charge in [-0.2, -0.15) is 0 Å². The molecule has 9 heavy (non-hydrogen) atoms. The molecule has 1 aliphatic heterocycles. The number of rotatable bonds is 0. The lowest BCUT2D eigenvalue weighted by Crippen LogP contribution is -3.12. The molecule has 1 N–H and O–H groups in total. The van der Waals surface area contributed by atoms with E-state index in [1.165, 1.54) is 0 Å². The Hall–Kier alpha value is -0.0800. The maximum Gasteiger partial charge on any atom is 0.0921 e. The molecule has 1 fully saturated rings. The van der Waals surface area contributed by atoms with Gasteiger partial charge in [0.2, 0.25) is 0 Å². The van der Waals surface area contributed by atoms with Crippen LogP contribution in [-0.2, 0) is 0 Å². The van der Waals surface area contributed by atoms with Crippen molar-refractivity contribution in [1.82, 2.24) is 0 Å². The minimum absolute atomic E-state index is 0.0145. The molecule has 0 aromatic carbocycles. The molecular formula is C7H15NO. The molecule has 1 heterocycles. The van der Waals surface area contributed by atoms with E-state index in [1.807, 2.05) is 13.8 Å². The average Bonchev–Trinajstić information content (AvgIpc) is 1.79. The summed E-state index contributed by atoms with van der Waals surface area (Å²) in [4.78, 5) is 0. The molecule has 0 aliphatic carbocycles. The van der Waals surface area contributed by atoms with Crippen molar-refractivity contribution in [3.63, 3.8) is 0 Å². The monoisotopic (exact) mass is 129 g/mol. The van der Waals surface area contributed by atoms with Crippen LogP contribution in [0.3, 0.4) is 0 Å². The number of hydrogen-bond donors (Lipinski definition) is 1. The van der Waals surface area contributed by atoms with Crippen LogP contribution in [0.1, 0.15) is 27.2 Å². The van der Waals surface area contributed by atoms with Gasteiger partial charge in [0.05, 0.1) is 12.1 Å². The predicted molar refractivity (Wildman–Crippen MR) is 37.1 cm³/mol. The van der Waals surface area contributed by atoms with Crippen molar-refractivity contribution in [2.24, 2.45) is 5.92 Å². The molecule has 0 aromatic rings. The molecule has 0 radical (unpaired) electrons. The summed E-state index contributed by atoms with van der Waals surface area (Å²) < 4.78 is 0. The molecule has 2 atom stereocenters. The molecule has 1 aliphatic rings. The molecule has 0 saturated carbocycles. The van der Waals surface area contributed by atoms with E-state index >= 15 is 0 Å². The van der Waals surface area contributed by atoms with Gasteiger partial charge in [-0.1, -0.05) is 6.92 Å². The maximum atomic E-state index is 11.1. The summed E-state index contributed by atoms with van der Waals surface area (Å²) in [5.41, 5.74) is -0.0145. The standard InChI is InChI=1S/C7H15NO/c1-6-4-7(2,3)8(9)5-6/h6,8H,4-5H2,1-3H3. The van der Waals surface area contributed by atoms with Crippen molar-refractivity contribution in [1.29, 1.82) is 0 Å². The lowest BCUT2D eigenvalue weighted by atomic mass is 9.98. The first-order chi connectivity index (χ1) is 4.02. The van der Waals surface area contributed by atoms with Crippen LogP contribution in [0, 0.1) is 11.1 Å². The van der Waals surface area contributed by atoms with Crippen LogP contribution >= 0.6 is 0 Å². The zero-order valence-corrected chi connectivity index (χ0v) is 6.40. The van der Waals surface area contributed by atoms with Crippen molar-refractivity contribution in [2.75, 3.05) is 6.54 Å². The van der Waals surface area contributed by atoms with Crippen molar-refractivity contribution in [3.05, 3.63) is 5.21 Å². The van der Waals surface area contributed by atoms with Gasteiger partial charge in [0, 0.05) is 12.3 Å². The van der Waals surface area contributed by atoms with E-state index in [1.54, 1.807) is 0 Å². The smallest absolute Gasteiger partial charge is 0.0921 e. The summed E-state index contributed by atoms with van der Waals surface area (Å²) in [6, 6.07) is 0. The van der Waals surface area contributed by atoms with Crippen LogP contribution in [0.2, 0.25) is 0 Å². The third-order valence-corrected chi connectivity index (χ3v) is 2.15. The SMILES string of the molecule is CC1C[NH+]([O-])C(C)(C)C1.